The number of ether oxygens (including phenoxy) is 4. The van der Waals surface area contributed by atoms with Crippen LogP contribution in [0.3, 0.4) is 0 Å². The van der Waals surface area contributed by atoms with E-state index in [0.29, 0.717) is 25.7 Å². The molecule has 0 aliphatic rings. The molecule has 5 atom stereocenters. The number of unbranched alkanes of at least 4 members (excludes halogenated alkanes) is 41. The van der Waals surface area contributed by atoms with Gasteiger partial charge in [-0.15, -0.1) is 0 Å². The largest absolute Gasteiger partial charge is 0.472 e. The number of carbonyl (C=O) groups is 4. The maximum absolute atomic E-state index is 13.1. The molecule has 19 heteroatoms. The van der Waals surface area contributed by atoms with Gasteiger partial charge in [-0.2, -0.15) is 0 Å². The van der Waals surface area contributed by atoms with E-state index in [1.54, 1.807) is 0 Å². The van der Waals surface area contributed by atoms with Crippen molar-refractivity contribution in [3.8, 4) is 0 Å². The average Bonchev–Trinajstić information content (AvgIpc) is 2.42. The number of allylic oxidation sites excluding steroid dienone is 6. The minimum Gasteiger partial charge on any atom is -0.462 e. The molecule has 2 unspecified atom stereocenters. The predicted octanol–water partition coefficient (Wildman–Crippen LogP) is 21.6. The lowest BCUT2D eigenvalue weighted by molar-refractivity contribution is -0.161. The third kappa shape index (κ3) is 67.8. The van der Waals surface area contributed by atoms with Crippen LogP contribution in [0.15, 0.2) is 36.5 Å². The van der Waals surface area contributed by atoms with Crippen LogP contribution in [0.4, 0.5) is 0 Å². The molecule has 94 heavy (non-hydrogen) atoms. The first-order chi connectivity index (χ1) is 45.7. The minimum absolute atomic E-state index is 0.0890. The van der Waals surface area contributed by atoms with Gasteiger partial charge >= 0.3 is 39.5 Å². The smallest absolute Gasteiger partial charge is 0.462 e. The van der Waals surface area contributed by atoms with Crippen LogP contribution < -0.4 is 0 Å². The van der Waals surface area contributed by atoms with Crippen LogP contribution in [0.25, 0.3) is 0 Å². The summed E-state index contributed by atoms with van der Waals surface area (Å²) in [5.74, 6) is -2.16. The number of hydrogen-bond donors (Lipinski definition) is 3. The predicted molar refractivity (Wildman–Crippen MR) is 381 cm³/mol. The third-order valence-electron chi connectivity index (χ3n) is 16.6. The van der Waals surface area contributed by atoms with Crippen LogP contribution in [0, 0.1) is 0 Å². The standard InChI is InChI=1S/C75H140O17P2/c1-5-9-13-17-21-25-29-33-34-38-42-46-50-54-58-62-75(80)92-71(66-86-73(78)60-56-52-48-44-40-36-31-27-23-19-15-11-7-3)68-90-94(83,84)88-64-69(76)63-87-93(81,82)89-67-70(91-74(79)61-57-53-49-45-41-37-32-28-24-20-16-12-8-4)65-85-72(77)59-55-51-47-43-39-35-30-26-22-18-14-10-6-2/h26,28,30,32-34,69-71,76H,5-25,27,29,31,35-68H2,1-4H3,(H,81,82)(H,83,84)/b30-26-,32-28-,34-33-/t69-,70+,71+/m0/s1. The highest BCUT2D eigenvalue weighted by Crippen LogP contribution is 2.45. The lowest BCUT2D eigenvalue weighted by atomic mass is 10.0. The molecule has 0 radical (unpaired) electrons. The number of rotatable bonds is 73. The zero-order valence-corrected chi connectivity index (χ0v) is 61.9. The van der Waals surface area contributed by atoms with Crippen molar-refractivity contribution in [3.05, 3.63) is 36.5 Å². The number of phosphoric ester groups is 2. The topological polar surface area (TPSA) is 237 Å². The number of aliphatic hydroxyl groups excluding tert-OH is 1. The van der Waals surface area contributed by atoms with Gasteiger partial charge in [0.25, 0.3) is 0 Å². The summed E-state index contributed by atoms with van der Waals surface area (Å²) < 4.78 is 68.4. The Labute approximate surface area is 573 Å². The van der Waals surface area contributed by atoms with Gasteiger partial charge in [0, 0.05) is 25.7 Å². The van der Waals surface area contributed by atoms with Crippen molar-refractivity contribution in [3.63, 3.8) is 0 Å². The van der Waals surface area contributed by atoms with Crippen LogP contribution in [0.2, 0.25) is 0 Å². The van der Waals surface area contributed by atoms with Crippen molar-refractivity contribution < 1.29 is 80.2 Å². The first-order valence-electron chi connectivity index (χ1n) is 38.2. The van der Waals surface area contributed by atoms with Crippen molar-refractivity contribution >= 4 is 39.5 Å². The van der Waals surface area contributed by atoms with E-state index in [-0.39, 0.29) is 25.7 Å². The Hall–Kier alpha value is -2.72. The van der Waals surface area contributed by atoms with E-state index in [4.69, 9.17) is 37.0 Å². The molecule has 0 saturated heterocycles. The molecule has 3 N–H and O–H groups in total. The maximum Gasteiger partial charge on any atom is 0.472 e. The minimum atomic E-state index is -4.96. The van der Waals surface area contributed by atoms with Crippen LogP contribution in [-0.4, -0.2) is 96.7 Å². The lowest BCUT2D eigenvalue weighted by Gasteiger charge is -2.21. The molecule has 0 aliphatic heterocycles. The SMILES string of the molecule is CCCCCC/C=C\CCCCCCCC(=O)OC[C@H](COP(=O)(O)OC[C@H](O)COP(=O)(O)OC[C@@H](COC(=O)CCCCCCCCCCCCCCC)OC(=O)CCCCCCC/C=C\CCCCCCCC)OC(=O)CCCCCCC/C=C\CCCCCC. The molecule has 17 nitrogen and oxygen atoms in total. The van der Waals surface area contributed by atoms with Gasteiger partial charge in [0.15, 0.2) is 12.2 Å². The zero-order valence-electron chi connectivity index (χ0n) is 60.2. The fraction of sp³-hybridized carbons (Fsp3) is 0.867. The summed E-state index contributed by atoms with van der Waals surface area (Å²) in [6.07, 6.45) is 62.7. The van der Waals surface area contributed by atoms with Crippen LogP contribution in [0.5, 0.6) is 0 Å². The second-order valence-electron chi connectivity index (χ2n) is 25.9. The van der Waals surface area contributed by atoms with Crippen LogP contribution in [0.1, 0.15) is 362 Å². The fourth-order valence-corrected chi connectivity index (χ4v) is 12.3. The maximum atomic E-state index is 13.1. The lowest BCUT2D eigenvalue weighted by Crippen LogP contribution is -2.30. The number of carbonyl (C=O) groups excluding carboxylic acids is 4. The summed E-state index contributed by atoms with van der Waals surface area (Å²) >= 11 is 0. The molecular formula is C75H140O17P2. The molecule has 0 aromatic carbocycles. The van der Waals surface area contributed by atoms with E-state index in [1.807, 2.05) is 0 Å². The Morgan fingerprint density at radius 3 is 0.745 bits per heavy atom. The Bertz CT molecular complexity index is 1930. The van der Waals surface area contributed by atoms with Gasteiger partial charge in [0.05, 0.1) is 26.4 Å². The van der Waals surface area contributed by atoms with E-state index in [2.05, 4.69) is 64.2 Å². The summed E-state index contributed by atoms with van der Waals surface area (Å²) in [5, 5.41) is 10.6. The van der Waals surface area contributed by atoms with E-state index >= 15 is 0 Å². The molecule has 0 fully saturated rings. The number of hydrogen-bond acceptors (Lipinski definition) is 15. The van der Waals surface area contributed by atoms with E-state index < -0.39 is 97.5 Å². The second kappa shape index (κ2) is 68.8. The van der Waals surface area contributed by atoms with E-state index in [1.165, 1.54) is 148 Å². The fourth-order valence-electron chi connectivity index (χ4n) is 10.7. The summed E-state index contributed by atoms with van der Waals surface area (Å²) in [6, 6.07) is 0. The molecule has 0 aromatic heterocycles. The highest BCUT2D eigenvalue weighted by Gasteiger charge is 2.30. The molecule has 0 spiro atoms. The summed E-state index contributed by atoms with van der Waals surface area (Å²) in [6.45, 7) is 4.88. The van der Waals surface area contributed by atoms with Crippen LogP contribution in [-0.2, 0) is 65.4 Å². The summed E-state index contributed by atoms with van der Waals surface area (Å²) in [7, 11) is -9.93. The molecule has 552 valence electrons. The zero-order chi connectivity index (χ0) is 69.0. The molecule has 0 bridgehead atoms. The van der Waals surface area contributed by atoms with Crippen LogP contribution >= 0.6 is 15.6 Å². The first kappa shape index (κ1) is 91.3. The van der Waals surface area contributed by atoms with Gasteiger partial charge < -0.3 is 33.8 Å². The molecule has 0 aromatic rings. The molecule has 0 aliphatic carbocycles. The summed E-state index contributed by atoms with van der Waals surface area (Å²) in [5.41, 5.74) is 0. The van der Waals surface area contributed by atoms with Gasteiger partial charge in [-0.25, -0.2) is 9.13 Å². The molecular weight excluding hydrogens is 1230 g/mol. The van der Waals surface area contributed by atoms with E-state index in [0.717, 1.165) is 135 Å². The van der Waals surface area contributed by atoms with Gasteiger partial charge in [0.1, 0.15) is 19.3 Å². The Kier molecular flexibility index (Phi) is 66.8. The van der Waals surface area contributed by atoms with Gasteiger partial charge in [0.2, 0.25) is 0 Å². The molecule has 0 saturated carbocycles. The van der Waals surface area contributed by atoms with Gasteiger partial charge in [-0.1, -0.05) is 270 Å². The molecule has 0 heterocycles. The van der Waals surface area contributed by atoms with E-state index in [9.17, 15) is 43.2 Å². The summed E-state index contributed by atoms with van der Waals surface area (Å²) in [4.78, 5) is 72.7. The monoisotopic (exact) mass is 1370 g/mol. The van der Waals surface area contributed by atoms with Crippen molar-refractivity contribution in [1.82, 2.24) is 0 Å². The quantitative estimate of drug-likeness (QED) is 0.0169. The van der Waals surface area contributed by atoms with Crippen molar-refractivity contribution in [2.75, 3.05) is 39.6 Å². The van der Waals surface area contributed by atoms with Crippen molar-refractivity contribution in [2.45, 2.75) is 380 Å². The van der Waals surface area contributed by atoms with Crippen molar-refractivity contribution in [2.24, 2.45) is 0 Å². The third-order valence-corrected chi connectivity index (χ3v) is 18.5. The van der Waals surface area contributed by atoms with Gasteiger partial charge in [-0.3, -0.25) is 37.3 Å². The van der Waals surface area contributed by atoms with Gasteiger partial charge in [-0.05, 0) is 103 Å². The highest BCUT2D eigenvalue weighted by atomic mass is 31.2. The Morgan fingerprint density at radius 1 is 0.287 bits per heavy atom. The Morgan fingerprint density at radius 2 is 0.489 bits per heavy atom. The normalized spacial score (nSPS) is 14.2. The first-order valence-corrected chi connectivity index (χ1v) is 41.2. The van der Waals surface area contributed by atoms with Crippen molar-refractivity contribution in [1.29, 1.82) is 0 Å². The molecule has 0 amide bonds. The Balaban J connectivity index is 5.31. The second-order valence-corrected chi connectivity index (χ2v) is 28.9. The number of aliphatic hydroxyl groups is 1. The molecule has 0 rings (SSSR count). The highest BCUT2D eigenvalue weighted by molar-refractivity contribution is 7.47. The number of esters is 4. The number of phosphoric acid groups is 2. The average molecular weight is 1380 g/mol.